The molecule has 0 fully saturated rings. The largest absolute Gasteiger partial charge is 0.389 e. The highest BCUT2D eigenvalue weighted by molar-refractivity contribution is 6.06. The second-order valence-electron chi connectivity index (χ2n) is 5.17. The molecular weight excluding hydrogens is 250 g/mol. The predicted octanol–water partition coefficient (Wildman–Crippen LogP) is 2.90. The molecule has 0 unspecified atom stereocenters. The number of carbonyl (C=O) groups excluding carboxylic acids is 1. The smallest absolute Gasteiger partial charge is 0.267 e. The fourth-order valence-corrected chi connectivity index (χ4v) is 1.62. The summed E-state index contributed by atoms with van der Waals surface area (Å²) >= 11 is 0. The Morgan fingerprint density at radius 1 is 1.40 bits per heavy atom. The van der Waals surface area contributed by atoms with Crippen molar-refractivity contribution in [1.82, 2.24) is 5.32 Å². The number of anilines is 1. The molecular formula is C16H21N3O. The second-order valence-corrected chi connectivity index (χ2v) is 5.17. The Hall–Kier alpha value is -2.28. The molecule has 0 aliphatic carbocycles. The Balaban J connectivity index is 2.78. The topological polar surface area (TPSA) is 64.9 Å². The molecule has 0 aliphatic rings. The van der Waals surface area contributed by atoms with Gasteiger partial charge in [-0.2, -0.15) is 5.26 Å². The van der Waals surface area contributed by atoms with Crippen LogP contribution in [0.2, 0.25) is 0 Å². The Morgan fingerprint density at radius 3 is 2.70 bits per heavy atom. The van der Waals surface area contributed by atoms with Crippen LogP contribution in [0, 0.1) is 31.1 Å². The van der Waals surface area contributed by atoms with Crippen LogP contribution in [0.4, 0.5) is 5.69 Å². The van der Waals surface area contributed by atoms with Crippen molar-refractivity contribution in [2.75, 3.05) is 11.9 Å². The maximum atomic E-state index is 12.0. The predicted molar refractivity (Wildman–Crippen MR) is 81.1 cm³/mol. The first-order valence-electron chi connectivity index (χ1n) is 6.67. The molecule has 1 aromatic rings. The zero-order chi connectivity index (χ0) is 15.1. The molecule has 0 heterocycles. The van der Waals surface area contributed by atoms with E-state index in [0.717, 1.165) is 23.4 Å². The van der Waals surface area contributed by atoms with Crippen molar-refractivity contribution in [3.05, 3.63) is 41.1 Å². The number of amides is 1. The van der Waals surface area contributed by atoms with Crippen LogP contribution in [-0.2, 0) is 4.79 Å². The third-order valence-corrected chi connectivity index (χ3v) is 2.99. The number of rotatable bonds is 5. The quantitative estimate of drug-likeness (QED) is 0.639. The lowest BCUT2D eigenvalue weighted by molar-refractivity contribution is -0.112. The first-order valence-corrected chi connectivity index (χ1v) is 6.67. The van der Waals surface area contributed by atoms with Crippen LogP contribution in [0.1, 0.15) is 25.0 Å². The zero-order valence-corrected chi connectivity index (χ0v) is 12.4. The van der Waals surface area contributed by atoms with Gasteiger partial charge >= 0.3 is 0 Å². The van der Waals surface area contributed by atoms with Crippen molar-refractivity contribution >= 4 is 11.6 Å². The summed E-state index contributed by atoms with van der Waals surface area (Å²) in [5.41, 5.74) is 2.92. The average molecular weight is 271 g/mol. The van der Waals surface area contributed by atoms with Crippen LogP contribution >= 0.6 is 0 Å². The summed E-state index contributed by atoms with van der Waals surface area (Å²) < 4.78 is 0. The van der Waals surface area contributed by atoms with Crippen LogP contribution in [0.3, 0.4) is 0 Å². The van der Waals surface area contributed by atoms with Crippen LogP contribution in [0.15, 0.2) is 30.0 Å². The van der Waals surface area contributed by atoms with E-state index in [1.807, 2.05) is 38.1 Å². The molecule has 106 valence electrons. The van der Waals surface area contributed by atoms with Crippen molar-refractivity contribution in [2.45, 2.75) is 27.7 Å². The number of nitriles is 1. The van der Waals surface area contributed by atoms with Gasteiger partial charge in [0.05, 0.1) is 0 Å². The lowest BCUT2D eigenvalue weighted by Gasteiger charge is -2.10. The number of nitrogens with one attached hydrogen (secondary N) is 2. The summed E-state index contributed by atoms with van der Waals surface area (Å²) in [5.74, 6) is 0.0609. The fraction of sp³-hybridized carbons (Fsp3) is 0.375. The maximum Gasteiger partial charge on any atom is 0.267 e. The minimum atomic E-state index is -0.391. The van der Waals surface area contributed by atoms with Gasteiger partial charge in [0.1, 0.15) is 11.6 Å². The third-order valence-electron chi connectivity index (χ3n) is 2.99. The SMILES string of the molecule is Cc1cccc(NC(=O)/C(C#N)=C\NCC(C)C)c1C. The normalized spacial score (nSPS) is 11.1. The van der Waals surface area contributed by atoms with Crippen molar-refractivity contribution in [3.63, 3.8) is 0 Å². The van der Waals surface area contributed by atoms with Gasteiger partial charge in [-0.15, -0.1) is 0 Å². The molecule has 0 saturated heterocycles. The van der Waals surface area contributed by atoms with Gasteiger partial charge in [0.15, 0.2) is 0 Å². The van der Waals surface area contributed by atoms with E-state index in [1.165, 1.54) is 6.20 Å². The third kappa shape index (κ3) is 4.43. The molecule has 0 aromatic heterocycles. The van der Waals surface area contributed by atoms with Crippen LogP contribution in [0.5, 0.6) is 0 Å². The molecule has 1 amide bonds. The Kier molecular flexibility index (Phi) is 5.79. The molecule has 20 heavy (non-hydrogen) atoms. The van der Waals surface area contributed by atoms with Crippen molar-refractivity contribution in [3.8, 4) is 6.07 Å². The first kappa shape index (κ1) is 15.8. The fourth-order valence-electron chi connectivity index (χ4n) is 1.62. The van der Waals surface area contributed by atoms with Gasteiger partial charge in [-0.25, -0.2) is 0 Å². The van der Waals surface area contributed by atoms with E-state index in [-0.39, 0.29) is 5.57 Å². The number of aryl methyl sites for hydroxylation is 1. The summed E-state index contributed by atoms with van der Waals surface area (Å²) in [6.45, 7) is 8.77. The van der Waals surface area contributed by atoms with Gasteiger partial charge < -0.3 is 10.6 Å². The average Bonchev–Trinajstić information content (AvgIpc) is 2.39. The molecule has 4 nitrogen and oxygen atoms in total. The molecule has 2 N–H and O–H groups in total. The van der Waals surface area contributed by atoms with Crippen LogP contribution in [0.25, 0.3) is 0 Å². The van der Waals surface area contributed by atoms with E-state index >= 15 is 0 Å². The number of hydrogen-bond donors (Lipinski definition) is 2. The van der Waals surface area contributed by atoms with E-state index in [9.17, 15) is 4.79 Å². The lowest BCUT2D eigenvalue weighted by Crippen LogP contribution is -2.19. The molecule has 0 radical (unpaired) electrons. The molecule has 1 aromatic carbocycles. The summed E-state index contributed by atoms with van der Waals surface area (Å²) in [7, 11) is 0. The van der Waals surface area contributed by atoms with E-state index in [1.54, 1.807) is 0 Å². The van der Waals surface area contributed by atoms with E-state index in [0.29, 0.717) is 5.92 Å². The van der Waals surface area contributed by atoms with Crippen molar-refractivity contribution in [1.29, 1.82) is 5.26 Å². The van der Waals surface area contributed by atoms with Crippen LogP contribution in [-0.4, -0.2) is 12.5 Å². The number of nitrogens with zero attached hydrogens (tertiary/aromatic N) is 1. The molecule has 0 atom stereocenters. The molecule has 0 aliphatic heterocycles. The highest BCUT2D eigenvalue weighted by Gasteiger charge is 2.11. The van der Waals surface area contributed by atoms with Gasteiger partial charge in [0, 0.05) is 18.4 Å². The summed E-state index contributed by atoms with van der Waals surface area (Å²) in [5, 5.41) is 14.8. The monoisotopic (exact) mass is 271 g/mol. The molecule has 0 bridgehead atoms. The highest BCUT2D eigenvalue weighted by Crippen LogP contribution is 2.18. The van der Waals surface area contributed by atoms with Gasteiger partial charge in [-0.05, 0) is 37.0 Å². The Bertz CT molecular complexity index is 553. The minimum absolute atomic E-state index is 0.0755. The van der Waals surface area contributed by atoms with Crippen LogP contribution < -0.4 is 10.6 Å². The summed E-state index contributed by atoms with van der Waals surface area (Å²) in [6.07, 6.45) is 1.47. The first-order chi connectivity index (χ1) is 9.45. The highest BCUT2D eigenvalue weighted by atomic mass is 16.1. The van der Waals surface area contributed by atoms with E-state index in [2.05, 4.69) is 24.5 Å². The number of benzene rings is 1. The van der Waals surface area contributed by atoms with Gasteiger partial charge in [-0.3, -0.25) is 4.79 Å². The maximum absolute atomic E-state index is 12.0. The van der Waals surface area contributed by atoms with Gasteiger partial charge in [-0.1, -0.05) is 26.0 Å². The minimum Gasteiger partial charge on any atom is -0.389 e. The lowest BCUT2D eigenvalue weighted by atomic mass is 10.1. The molecule has 0 saturated carbocycles. The summed E-state index contributed by atoms with van der Waals surface area (Å²) in [4.78, 5) is 12.0. The summed E-state index contributed by atoms with van der Waals surface area (Å²) in [6, 6.07) is 7.61. The molecule has 1 rings (SSSR count). The number of carbonyl (C=O) groups is 1. The van der Waals surface area contributed by atoms with Gasteiger partial charge in [0.25, 0.3) is 5.91 Å². The van der Waals surface area contributed by atoms with E-state index in [4.69, 9.17) is 5.26 Å². The molecule has 0 spiro atoms. The van der Waals surface area contributed by atoms with E-state index < -0.39 is 5.91 Å². The number of hydrogen-bond acceptors (Lipinski definition) is 3. The van der Waals surface area contributed by atoms with Crippen molar-refractivity contribution < 1.29 is 4.79 Å². The molecule has 4 heteroatoms. The van der Waals surface area contributed by atoms with Crippen molar-refractivity contribution in [2.24, 2.45) is 5.92 Å². The second kappa shape index (κ2) is 7.34. The van der Waals surface area contributed by atoms with Gasteiger partial charge in [0.2, 0.25) is 0 Å². The Morgan fingerprint density at radius 2 is 2.10 bits per heavy atom. The Labute approximate surface area is 120 Å². The standard InChI is InChI=1S/C16H21N3O/c1-11(2)9-18-10-14(8-17)16(20)19-15-7-5-6-12(3)13(15)4/h5-7,10-11,18H,9H2,1-4H3,(H,19,20)/b14-10-. The zero-order valence-electron chi connectivity index (χ0n) is 12.4.